The van der Waals surface area contributed by atoms with E-state index in [1.165, 1.54) is 114 Å². The second kappa shape index (κ2) is 13.5. The molecule has 0 atom stereocenters. The number of unbranched alkanes of at least 4 members (excludes halogenated alkanes) is 4. The second-order valence-electron chi connectivity index (χ2n) is 11.7. The summed E-state index contributed by atoms with van der Waals surface area (Å²) in [6.45, 7) is 4.64. The molecule has 186 valence electrons. The zero-order valence-corrected chi connectivity index (χ0v) is 22.2. The molecule has 2 aliphatic rings. The Morgan fingerprint density at radius 1 is 0.471 bits per heavy atom. The monoisotopic (exact) mass is 458 g/mol. The number of hydrogen-bond donors (Lipinski definition) is 0. The molecule has 34 heavy (non-hydrogen) atoms. The van der Waals surface area contributed by atoms with Crippen LogP contribution in [-0.4, -0.2) is 0 Å². The van der Waals surface area contributed by atoms with Gasteiger partial charge in [0, 0.05) is 0 Å². The predicted molar refractivity (Wildman–Crippen MR) is 150 cm³/mol. The van der Waals surface area contributed by atoms with Gasteiger partial charge in [-0.2, -0.15) is 0 Å². The smallest absolute Gasteiger partial charge is 0.0162 e. The molecular formula is C34H50. The minimum atomic E-state index is 0.788. The third-order valence-corrected chi connectivity index (χ3v) is 9.20. The lowest BCUT2D eigenvalue weighted by molar-refractivity contribution is 0.302. The highest BCUT2D eigenvalue weighted by molar-refractivity contribution is 5.64. The zero-order chi connectivity index (χ0) is 23.6. The highest BCUT2D eigenvalue weighted by atomic mass is 14.3. The van der Waals surface area contributed by atoms with Gasteiger partial charge in [0.15, 0.2) is 0 Å². The summed E-state index contributed by atoms with van der Waals surface area (Å²) in [5.74, 6) is 3.56. The predicted octanol–water partition coefficient (Wildman–Crippen LogP) is 11.1. The zero-order valence-electron chi connectivity index (χ0n) is 22.2. The molecule has 0 aromatic heterocycles. The van der Waals surface area contributed by atoms with Crippen LogP contribution in [0.15, 0.2) is 48.5 Å². The SMILES string of the molecule is CCCCCCC[C@H]1CC[C@H](c2ccc(-c3ccc([C@H]4CC[C@H](CCC)CC4)cc3)cc2)CC1. The fourth-order valence-corrected chi connectivity index (χ4v) is 6.91. The molecule has 0 heterocycles. The molecule has 2 fully saturated rings. The van der Waals surface area contributed by atoms with Gasteiger partial charge in [0.05, 0.1) is 0 Å². The number of rotatable bonds is 11. The lowest BCUT2D eigenvalue weighted by atomic mass is 9.76. The normalized spacial score (nSPS) is 25.4. The summed E-state index contributed by atoms with van der Waals surface area (Å²) < 4.78 is 0. The summed E-state index contributed by atoms with van der Waals surface area (Å²) in [6, 6.07) is 19.2. The Labute approximate surface area is 211 Å². The van der Waals surface area contributed by atoms with Gasteiger partial charge in [0.2, 0.25) is 0 Å². The van der Waals surface area contributed by atoms with Crippen LogP contribution in [0.2, 0.25) is 0 Å². The summed E-state index contributed by atoms with van der Waals surface area (Å²) in [5, 5.41) is 0. The van der Waals surface area contributed by atoms with Crippen LogP contribution in [0.1, 0.15) is 140 Å². The standard InChI is InChI=1S/C34H50/c1-3-5-6-7-8-10-28-13-17-30(18-14-28)32-21-25-34(26-22-32)33-23-19-31(20-24-33)29-15-11-27(9-4-2)12-16-29/h19-30H,3-18H2,1-2H3/t27-,28-,29-,30-. The van der Waals surface area contributed by atoms with Crippen LogP contribution in [0.25, 0.3) is 11.1 Å². The molecule has 0 unspecified atom stereocenters. The van der Waals surface area contributed by atoms with Gasteiger partial charge in [0.25, 0.3) is 0 Å². The van der Waals surface area contributed by atoms with Crippen molar-refractivity contribution in [3.63, 3.8) is 0 Å². The van der Waals surface area contributed by atoms with Crippen molar-refractivity contribution < 1.29 is 0 Å². The molecule has 0 nitrogen and oxygen atoms in total. The lowest BCUT2D eigenvalue weighted by Crippen LogP contribution is -2.13. The first-order chi connectivity index (χ1) is 16.8. The van der Waals surface area contributed by atoms with Gasteiger partial charge in [-0.05, 0) is 97.3 Å². The molecule has 0 bridgehead atoms. The Balaban J connectivity index is 1.24. The first-order valence-corrected chi connectivity index (χ1v) is 15.0. The average Bonchev–Trinajstić information content (AvgIpc) is 2.90. The van der Waals surface area contributed by atoms with E-state index in [4.69, 9.17) is 0 Å². The summed E-state index contributed by atoms with van der Waals surface area (Å²) in [7, 11) is 0. The van der Waals surface area contributed by atoms with E-state index in [1.807, 2.05) is 0 Å². The number of benzene rings is 2. The molecule has 2 saturated carbocycles. The van der Waals surface area contributed by atoms with Crippen LogP contribution in [0.5, 0.6) is 0 Å². The third-order valence-electron chi connectivity index (χ3n) is 9.20. The van der Waals surface area contributed by atoms with Gasteiger partial charge >= 0.3 is 0 Å². The van der Waals surface area contributed by atoms with Crippen molar-refractivity contribution in [3.8, 4) is 11.1 Å². The highest BCUT2D eigenvalue weighted by Crippen LogP contribution is 2.40. The summed E-state index contributed by atoms with van der Waals surface area (Å²) >= 11 is 0. The van der Waals surface area contributed by atoms with Gasteiger partial charge in [-0.15, -0.1) is 0 Å². The molecule has 2 aromatic carbocycles. The maximum absolute atomic E-state index is 2.42. The maximum atomic E-state index is 2.42. The molecule has 4 rings (SSSR count). The van der Waals surface area contributed by atoms with E-state index < -0.39 is 0 Å². The van der Waals surface area contributed by atoms with E-state index in [0.29, 0.717) is 0 Å². The molecule has 0 spiro atoms. The van der Waals surface area contributed by atoms with Gasteiger partial charge < -0.3 is 0 Å². The van der Waals surface area contributed by atoms with E-state index in [2.05, 4.69) is 62.4 Å². The Hall–Kier alpha value is -1.56. The summed E-state index contributed by atoms with van der Waals surface area (Å²) in [4.78, 5) is 0. The van der Waals surface area contributed by atoms with Crippen LogP contribution in [0.3, 0.4) is 0 Å². The van der Waals surface area contributed by atoms with E-state index in [-0.39, 0.29) is 0 Å². The summed E-state index contributed by atoms with van der Waals surface area (Å²) in [6.07, 6.45) is 22.7. The van der Waals surface area contributed by atoms with Crippen LogP contribution in [-0.2, 0) is 0 Å². The molecule has 0 radical (unpaired) electrons. The van der Waals surface area contributed by atoms with Crippen LogP contribution in [0, 0.1) is 11.8 Å². The van der Waals surface area contributed by atoms with Gasteiger partial charge in [-0.25, -0.2) is 0 Å². The van der Waals surface area contributed by atoms with Gasteiger partial charge in [-0.3, -0.25) is 0 Å². The van der Waals surface area contributed by atoms with Crippen molar-refractivity contribution in [2.24, 2.45) is 11.8 Å². The Kier molecular flexibility index (Phi) is 10.1. The van der Waals surface area contributed by atoms with E-state index in [1.54, 1.807) is 11.1 Å². The topological polar surface area (TPSA) is 0 Å². The average molecular weight is 459 g/mol. The van der Waals surface area contributed by atoms with Crippen molar-refractivity contribution in [3.05, 3.63) is 59.7 Å². The fraction of sp³-hybridized carbons (Fsp3) is 0.647. The molecule has 0 aliphatic heterocycles. The largest absolute Gasteiger partial charge is 0.0654 e. The molecule has 0 heteroatoms. The summed E-state index contributed by atoms with van der Waals surface area (Å²) in [5.41, 5.74) is 5.90. The first kappa shape index (κ1) is 25.5. The van der Waals surface area contributed by atoms with Gasteiger partial charge in [-0.1, -0.05) is 114 Å². The minimum Gasteiger partial charge on any atom is -0.0654 e. The van der Waals surface area contributed by atoms with Crippen LogP contribution in [0.4, 0.5) is 0 Å². The van der Waals surface area contributed by atoms with Crippen molar-refractivity contribution in [2.45, 2.75) is 128 Å². The molecule has 0 saturated heterocycles. The molecular weight excluding hydrogens is 408 g/mol. The first-order valence-electron chi connectivity index (χ1n) is 15.0. The quantitative estimate of drug-likeness (QED) is 0.294. The third kappa shape index (κ3) is 7.22. The van der Waals surface area contributed by atoms with Gasteiger partial charge in [0.1, 0.15) is 0 Å². The van der Waals surface area contributed by atoms with Crippen molar-refractivity contribution in [1.29, 1.82) is 0 Å². The molecule has 0 N–H and O–H groups in total. The molecule has 0 amide bonds. The highest BCUT2D eigenvalue weighted by Gasteiger charge is 2.23. The molecule has 2 aliphatic carbocycles. The Morgan fingerprint density at radius 2 is 0.912 bits per heavy atom. The van der Waals surface area contributed by atoms with Crippen LogP contribution >= 0.6 is 0 Å². The minimum absolute atomic E-state index is 0.788. The Morgan fingerprint density at radius 3 is 1.35 bits per heavy atom. The maximum Gasteiger partial charge on any atom is -0.0162 e. The van der Waals surface area contributed by atoms with E-state index >= 15 is 0 Å². The molecule has 2 aromatic rings. The van der Waals surface area contributed by atoms with Crippen LogP contribution < -0.4 is 0 Å². The number of hydrogen-bond acceptors (Lipinski definition) is 0. The fourth-order valence-electron chi connectivity index (χ4n) is 6.91. The van der Waals surface area contributed by atoms with E-state index in [9.17, 15) is 0 Å². The lowest BCUT2D eigenvalue weighted by Gasteiger charge is -2.29. The van der Waals surface area contributed by atoms with Crippen molar-refractivity contribution in [2.75, 3.05) is 0 Å². The second-order valence-corrected chi connectivity index (χ2v) is 11.7. The Bertz CT molecular complexity index is 798. The van der Waals surface area contributed by atoms with Crippen molar-refractivity contribution >= 4 is 0 Å². The van der Waals surface area contributed by atoms with E-state index in [0.717, 1.165) is 23.7 Å². The van der Waals surface area contributed by atoms with Crippen molar-refractivity contribution in [1.82, 2.24) is 0 Å².